The normalized spacial score (nSPS) is 18.2. The van der Waals surface area contributed by atoms with Crippen LogP contribution < -0.4 is 5.32 Å². The Morgan fingerprint density at radius 3 is 2.96 bits per heavy atom. The summed E-state index contributed by atoms with van der Waals surface area (Å²) in [5.41, 5.74) is 2.30. The van der Waals surface area contributed by atoms with E-state index in [1.165, 1.54) is 6.42 Å². The highest BCUT2D eigenvalue weighted by atomic mass is 79.9. The zero-order valence-corrected chi connectivity index (χ0v) is 14.8. The van der Waals surface area contributed by atoms with E-state index in [1.54, 1.807) is 0 Å². The molecule has 1 aromatic heterocycles. The van der Waals surface area contributed by atoms with Crippen molar-refractivity contribution in [2.75, 3.05) is 26.7 Å². The van der Waals surface area contributed by atoms with Gasteiger partial charge >= 0.3 is 0 Å². The van der Waals surface area contributed by atoms with Crippen LogP contribution in [0.15, 0.2) is 34.8 Å². The van der Waals surface area contributed by atoms with Crippen LogP contribution >= 0.6 is 15.9 Å². The van der Waals surface area contributed by atoms with E-state index in [2.05, 4.69) is 31.4 Å². The highest BCUT2D eigenvalue weighted by Gasteiger charge is 2.27. The first-order chi connectivity index (χ1) is 11.2. The average molecular weight is 377 g/mol. The van der Waals surface area contributed by atoms with Gasteiger partial charge in [0.1, 0.15) is 11.4 Å². The molecule has 1 aliphatic heterocycles. The van der Waals surface area contributed by atoms with Gasteiger partial charge in [-0.25, -0.2) is 0 Å². The number of nitrogens with zero attached hydrogens (tertiary/aromatic N) is 2. The zero-order chi connectivity index (χ0) is 16.2. The maximum Gasteiger partial charge on any atom is 0.273 e. The van der Waals surface area contributed by atoms with Gasteiger partial charge in [0, 0.05) is 18.7 Å². The number of halogens is 1. The van der Waals surface area contributed by atoms with Crippen molar-refractivity contribution in [3.8, 4) is 11.3 Å². The molecule has 2 aromatic rings. The molecule has 0 aliphatic carbocycles. The van der Waals surface area contributed by atoms with Crippen molar-refractivity contribution in [3.63, 3.8) is 0 Å². The predicted octanol–water partition coefficient (Wildman–Crippen LogP) is 2.91. The molecule has 23 heavy (non-hydrogen) atoms. The summed E-state index contributed by atoms with van der Waals surface area (Å²) in [5, 5.41) is 10.4. The Bertz CT molecular complexity index is 668. The quantitative estimate of drug-likeness (QED) is 0.862. The molecule has 3 rings (SSSR count). The third-order valence-corrected chi connectivity index (χ3v) is 5.04. The number of piperidine rings is 1. The number of aromatic nitrogens is 2. The Morgan fingerprint density at radius 2 is 2.22 bits per heavy atom. The summed E-state index contributed by atoms with van der Waals surface area (Å²) >= 11 is 3.55. The lowest BCUT2D eigenvalue weighted by Gasteiger charge is -2.32. The number of hydrogen-bond acceptors (Lipinski definition) is 3. The van der Waals surface area contributed by atoms with Gasteiger partial charge in [0.2, 0.25) is 0 Å². The number of aromatic amines is 1. The van der Waals surface area contributed by atoms with Crippen LogP contribution in [0.1, 0.15) is 23.3 Å². The number of amides is 1. The molecule has 2 heterocycles. The van der Waals surface area contributed by atoms with Crippen LogP contribution in [0.5, 0.6) is 0 Å². The van der Waals surface area contributed by atoms with Gasteiger partial charge in [-0.15, -0.1) is 0 Å². The molecule has 1 aromatic carbocycles. The van der Waals surface area contributed by atoms with Crippen LogP contribution in [0.25, 0.3) is 11.3 Å². The maximum absolute atomic E-state index is 12.8. The fraction of sp³-hybridized carbons (Fsp3) is 0.412. The summed E-state index contributed by atoms with van der Waals surface area (Å²) in [6.45, 7) is 2.56. The lowest BCUT2D eigenvalue weighted by atomic mass is 9.98. The molecule has 1 unspecified atom stereocenters. The number of H-pyrrole nitrogens is 1. The van der Waals surface area contributed by atoms with Crippen LogP contribution in [0, 0.1) is 5.92 Å². The van der Waals surface area contributed by atoms with Crippen molar-refractivity contribution in [1.29, 1.82) is 0 Å². The molecule has 1 saturated heterocycles. The van der Waals surface area contributed by atoms with Gasteiger partial charge in [0.25, 0.3) is 5.91 Å². The van der Waals surface area contributed by atoms with Crippen LogP contribution in [0.2, 0.25) is 0 Å². The lowest BCUT2D eigenvalue weighted by molar-refractivity contribution is 0.0667. The first-order valence-electron chi connectivity index (χ1n) is 7.94. The number of hydrogen-bond donors (Lipinski definition) is 2. The van der Waals surface area contributed by atoms with Crippen molar-refractivity contribution in [2.24, 2.45) is 5.92 Å². The fourth-order valence-corrected chi connectivity index (χ4v) is 3.70. The standard InChI is InChI=1S/C17H21BrN4O/c1-19-10-12-6-5-9-22(11-12)17(23)16-14(18)15(20-21-16)13-7-3-2-4-8-13/h2-4,7-8,12,19H,5-6,9-11H2,1H3,(H,20,21). The summed E-state index contributed by atoms with van der Waals surface area (Å²) in [5.74, 6) is 0.542. The molecular weight excluding hydrogens is 356 g/mol. The molecule has 5 nitrogen and oxygen atoms in total. The van der Waals surface area contributed by atoms with Gasteiger partial charge in [-0.3, -0.25) is 9.89 Å². The Morgan fingerprint density at radius 1 is 1.43 bits per heavy atom. The molecule has 0 spiro atoms. The maximum atomic E-state index is 12.8. The minimum atomic E-state index is 0.0207. The first kappa shape index (κ1) is 16.2. The van der Waals surface area contributed by atoms with Crippen molar-refractivity contribution in [2.45, 2.75) is 12.8 Å². The van der Waals surface area contributed by atoms with Gasteiger partial charge in [-0.1, -0.05) is 30.3 Å². The number of nitrogens with one attached hydrogen (secondary N) is 2. The van der Waals surface area contributed by atoms with Crippen LogP contribution in [-0.4, -0.2) is 47.7 Å². The molecular formula is C17H21BrN4O. The zero-order valence-electron chi connectivity index (χ0n) is 13.2. The van der Waals surface area contributed by atoms with Crippen LogP contribution in [0.4, 0.5) is 0 Å². The summed E-state index contributed by atoms with van der Waals surface area (Å²) < 4.78 is 0.740. The molecule has 6 heteroatoms. The number of rotatable bonds is 4. The molecule has 1 amide bonds. The van der Waals surface area contributed by atoms with Crippen LogP contribution in [0.3, 0.4) is 0 Å². The minimum Gasteiger partial charge on any atom is -0.337 e. The van der Waals surface area contributed by atoms with E-state index < -0.39 is 0 Å². The largest absolute Gasteiger partial charge is 0.337 e. The lowest BCUT2D eigenvalue weighted by Crippen LogP contribution is -2.42. The third kappa shape index (κ3) is 3.48. The smallest absolute Gasteiger partial charge is 0.273 e. The van der Waals surface area contributed by atoms with Gasteiger partial charge in [0.05, 0.1) is 4.47 Å². The van der Waals surface area contributed by atoms with Crippen molar-refractivity contribution < 1.29 is 4.79 Å². The average Bonchev–Trinajstić information content (AvgIpc) is 2.97. The molecule has 0 bridgehead atoms. The highest BCUT2D eigenvalue weighted by molar-refractivity contribution is 9.10. The van der Waals surface area contributed by atoms with Gasteiger partial charge in [0.15, 0.2) is 0 Å². The Balaban J connectivity index is 1.79. The van der Waals surface area contributed by atoms with Gasteiger partial charge in [-0.2, -0.15) is 5.10 Å². The molecule has 0 radical (unpaired) electrons. The van der Waals surface area contributed by atoms with E-state index >= 15 is 0 Å². The highest BCUT2D eigenvalue weighted by Crippen LogP contribution is 2.30. The summed E-state index contributed by atoms with van der Waals surface area (Å²) in [4.78, 5) is 14.7. The van der Waals surface area contributed by atoms with E-state index in [0.717, 1.165) is 41.8 Å². The molecule has 1 fully saturated rings. The van der Waals surface area contributed by atoms with Crippen molar-refractivity contribution in [1.82, 2.24) is 20.4 Å². The monoisotopic (exact) mass is 376 g/mol. The second-order valence-corrected chi connectivity index (χ2v) is 6.74. The minimum absolute atomic E-state index is 0.0207. The Kier molecular flexibility index (Phi) is 5.13. The van der Waals surface area contributed by atoms with Gasteiger partial charge in [-0.05, 0) is 48.3 Å². The topological polar surface area (TPSA) is 61.0 Å². The van der Waals surface area contributed by atoms with E-state index in [-0.39, 0.29) is 5.91 Å². The Labute approximate surface area is 144 Å². The summed E-state index contributed by atoms with van der Waals surface area (Å²) in [7, 11) is 1.96. The number of carbonyl (C=O) groups is 1. The van der Waals surface area contributed by atoms with E-state index in [4.69, 9.17) is 0 Å². The van der Waals surface area contributed by atoms with E-state index in [9.17, 15) is 4.79 Å². The molecule has 0 saturated carbocycles. The molecule has 1 aliphatic rings. The second-order valence-electron chi connectivity index (χ2n) is 5.94. The number of carbonyl (C=O) groups excluding carboxylic acids is 1. The summed E-state index contributed by atoms with van der Waals surface area (Å²) in [6, 6.07) is 9.86. The Hall–Kier alpha value is -1.66. The second kappa shape index (κ2) is 7.27. The molecule has 122 valence electrons. The van der Waals surface area contributed by atoms with Crippen molar-refractivity contribution in [3.05, 3.63) is 40.5 Å². The third-order valence-electron chi connectivity index (χ3n) is 4.27. The van der Waals surface area contributed by atoms with E-state index in [1.807, 2.05) is 42.3 Å². The molecule has 2 N–H and O–H groups in total. The SMILES string of the molecule is CNCC1CCCN(C(=O)c2[nH]nc(-c3ccccc3)c2Br)C1. The first-order valence-corrected chi connectivity index (χ1v) is 8.73. The number of likely N-dealkylation sites (tertiary alicyclic amines) is 1. The number of benzene rings is 1. The van der Waals surface area contributed by atoms with E-state index in [0.29, 0.717) is 11.6 Å². The predicted molar refractivity (Wildman–Crippen MR) is 94.3 cm³/mol. The van der Waals surface area contributed by atoms with Crippen molar-refractivity contribution >= 4 is 21.8 Å². The fourth-order valence-electron chi connectivity index (χ4n) is 3.12. The van der Waals surface area contributed by atoms with Gasteiger partial charge < -0.3 is 10.2 Å². The van der Waals surface area contributed by atoms with Crippen LogP contribution in [-0.2, 0) is 0 Å². The molecule has 1 atom stereocenters. The summed E-state index contributed by atoms with van der Waals surface area (Å²) in [6.07, 6.45) is 2.22.